The molecular weight excluding hydrogens is 360 g/mol. The molecule has 28 heavy (non-hydrogen) atoms. The smallest absolute Gasteiger partial charge is 0.306 e. The van der Waals surface area contributed by atoms with Crippen LogP contribution in [0.3, 0.4) is 0 Å². The van der Waals surface area contributed by atoms with E-state index in [-0.39, 0.29) is 23.7 Å². The number of likely N-dealkylation sites (tertiary alicyclic amines) is 1. The molecule has 1 aromatic rings. The molecule has 1 aliphatic heterocycles. The van der Waals surface area contributed by atoms with Gasteiger partial charge in [-0.2, -0.15) is 0 Å². The van der Waals surface area contributed by atoms with Gasteiger partial charge in [-0.15, -0.1) is 0 Å². The van der Waals surface area contributed by atoms with E-state index in [0.29, 0.717) is 37.4 Å². The Morgan fingerprint density at radius 1 is 1.25 bits per heavy atom. The van der Waals surface area contributed by atoms with Crippen LogP contribution in [0.15, 0.2) is 24.3 Å². The maximum Gasteiger partial charge on any atom is 0.306 e. The molecule has 1 fully saturated rings. The zero-order chi connectivity index (χ0) is 20.8. The van der Waals surface area contributed by atoms with E-state index in [9.17, 15) is 19.5 Å². The van der Waals surface area contributed by atoms with E-state index in [1.165, 1.54) is 0 Å². The first-order valence-corrected chi connectivity index (χ1v) is 9.79. The summed E-state index contributed by atoms with van der Waals surface area (Å²) >= 11 is 0. The van der Waals surface area contributed by atoms with Crippen molar-refractivity contribution in [3.63, 3.8) is 0 Å². The van der Waals surface area contributed by atoms with Crippen molar-refractivity contribution >= 4 is 17.8 Å². The van der Waals surface area contributed by atoms with Gasteiger partial charge in [0.15, 0.2) is 0 Å². The quantitative estimate of drug-likeness (QED) is 0.745. The number of hydrogen-bond acceptors (Lipinski definition) is 4. The molecule has 0 spiro atoms. The van der Waals surface area contributed by atoms with Crippen molar-refractivity contribution < 1.29 is 24.2 Å². The van der Waals surface area contributed by atoms with Gasteiger partial charge in [0, 0.05) is 18.7 Å². The summed E-state index contributed by atoms with van der Waals surface area (Å²) in [6, 6.07) is 6.13. The van der Waals surface area contributed by atoms with Gasteiger partial charge in [0.1, 0.15) is 11.8 Å². The van der Waals surface area contributed by atoms with Gasteiger partial charge in [-0.25, -0.2) is 0 Å². The molecule has 0 aromatic heterocycles. The maximum atomic E-state index is 13.0. The Morgan fingerprint density at radius 2 is 1.89 bits per heavy atom. The number of aliphatic carboxylic acids is 1. The second-order valence-corrected chi connectivity index (χ2v) is 7.65. The summed E-state index contributed by atoms with van der Waals surface area (Å²) in [6.45, 7) is 8.83. The number of nitrogens with one attached hydrogen (secondary N) is 1. The van der Waals surface area contributed by atoms with Crippen LogP contribution >= 0.6 is 0 Å². The number of amides is 2. The van der Waals surface area contributed by atoms with Crippen LogP contribution in [0.2, 0.25) is 0 Å². The molecule has 3 atom stereocenters. The van der Waals surface area contributed by atoms with E-state index in [2.05, 4.69) is 5.32 Å². The third-order valence-corrected chi connectivity index (χ3v) is 5.18. The highest BCUT2D eigenvalue weighted by Crippen LogP contribution is 2.24. The van der Waals surface area contributed by atoms with Gasteiger partial charge in [0.25, 0.3) is 5.91 Å². The molecule has 2 rings (SSSR count). The third kappa shape index (κ3) is 5.24. The monoisotopic (exact) mass is 390 g/mol. The Morgan fingerprint density at radius 3 is 2.39 bits per heavy atom. The van der Waals surface area contributed by atoms with Crippen molar-refractivity contribution in [3.8, 4) is 5.75 Å². The van der Waals surface area contributed by atoms with E-state index in [0.717, 1.165) is 0 Å². The average Bonchev–Trinajstić information content (AvgIpc) is 2.65. The molecule has 0 aliphatic carbocycles. The molecule has 7 nitrogen and oxygen atoms in total. The lowest BCUT2D eigenvalue weighted by Crippen LogP contribution is -2.54. The molecule has 1 heterocycles. The van der Waals surface area contributed by atoms with E-state index in [1.807, 2.05) is 27.7 Å². The summed E-state index contributed by atoms with van der Waals surface area (Å²) in [4.78, 5) is 38.6. The van der Waals surface area contributed by atoms with Crippen LogP contribution < -0.4 is 10.1 Å². The number of hydrogen-bond donors (Lipinski definition) is 2. The predicted molar refractivity (Wildman–Crippen MR) is 105 cm³/mol. The van der Waals surface area contributed by atoms with Crippen molar-refractivity contribution in [2.45, 2.75) is 40.2 Å². The Bertz CT molecular complexity index is 701. The van der Waals surface area contributed by atoms with E-state index in [4.69, 9.17) is 4.74 Å². The number of rotatable bonds is 7. The van der Waals surface area contributed by atoms with E-state index >= 15 is 0 Å². The standard InChI is InChI=1S/C21H30N2O5/c1-5-28-16-8-6-15(7-9-16)19(24)22-18(13(2)3)20(25)23-11-10-17(21(26)27)14(4)12-23/h6-9,13-14,17-18H,5,10-12H2,1-4H3,(H,22,24)(H,26,27). The summed E-state index contributed by atoms with van der Waals surface area (Å²) in [7, 11) is 0. The van der Waals surface area contributed by atoms with Crippen LogP contribution in [0.25, 0.3) is 0 Å². The number of nitrogens with zero attached hydrogens (tertiary/aromatic N) is 1. The first kappa shape index (κ1) is 21.7. The van der Waals surface area contributed by atoms with Gasteiger partial charge < -0.3 is 20.1 Å². The molecule has 7 heteroatoms. The Hall–Kier alpha value is -2.57. The van der Waals surface area contributed by atoms with Crippen LogP contribution in [-0.4, -0.2) is 53.5 Å². The first-order valence-electron chi connectivity index (χ1n) is 9.79. The lowest BCUT2D eigenvalue weighted by atomic mass is 9.86. The lowest BCUT2D eigenvalue weighted by molar-refractivity contribution is -0.149. The van der Waals surface area contributed by atoms with Gasteiger partial charge in [-0.3, -0.25) is 14.4 Å². The molecule has 0 bridgehead atoms. The zero-order valence-corrected chi connectivity index (χ0v) is 17.0. The maximum absolute atomic E-state index is 13.0. The van der Waals surface area contributed by atoms with Gasteiger partial charge in [0.2, 0.25) is 5.91 Å². The lowest BCUT2D eigenvalue weighted by Gasteiger charge is -2.37. The molecule has 1 saturated heterocycles. The average molecular weight is 390 g/mol. The second kappa shape index (κ2) is 9.57. The summed E-state index contributed by atoms with van der Waals surface area (Å²) < 4.78 is 5.38. The normalized spacial score (nSPS) is 20.5. The number of carboxylic acids is 1. The molecule has 3 unspecified atom stereocenters. The first-order chi connectivity index (χ1) is 13.2. The largest absolute Gasteiger partial charge is 0.494 e. The van der Waals surface area contributed by atoms with Crippen molar-refractivity contribution in [1.82, 2.24) is 10.2 Å². The van der Waals surface area contributed by atoms with Crippen molar-refractivity contribution in [1.29, 1.82) is 0 Å². The fourth-order valence-corrected chi connectivity index (χ4v) is 3.52. The zero-order valence-electron chi connectivity index (χ0n) is 17.0. The van der Waals surface area contributed by atoms with Crippen LogP contribution in [0.1, 0.15) is 44.5 Å². The number of benzene rings is 1. The minimum atomic E-state index is -0.816. The van der Waals surface area contributed by atoms with E-state index in [1.54, 1.807) is 29.2 Å². The fraction of sp³-hybridized carbons (Fsp3) is 0.571. The Labute approximate surface area is 166 Å². The minimum absolute atomic E-state index is 0.0911. The highest BCUT2D eigenvalue weighted by Gasteiger charge is 2.36. The molecule has 0 radical (unpaired) electrons. The van der Waals surface area contributed by atoms with Gasteiger partial charge in [-0.05, 0) is 49.4 Å². The van der Waals surface area contributed by atoms with Crippen LogP contribution in [0.4, 0.5) is 0 Å². The van der Waals surface area contributed by atoms with Crippen molar-refractivity contribution in [2.24, 2.45) is 17.8 Å². The number of carboxylic acid groups (broad SMARTS) is 1. The molecule has 0 saturated carbocycles. The molecule has 1 aromatic carbocycles. The van der Waals surface area contributed by atoms with Gasteiger partial charge >= 0.3 is 5.97 Å². The van der Waals surface area contributed by atoms with E-state index < -0.39 is 17.9 Å². The number of carbonyl (C=O) groups excluding carboxylic acids is 2. The highest BCUT2D eigenvalue weighted by atomic mass is 16.5. The van der Waals surface area contributed by atoms with Crippen LogP contribution in [0.5, 0.6) is 5.75 Å². The van der Waals surface area contributed by atoms with Crippen LogP contribution in [-0.2, 0) is 9.59 Å². The Kier molecular flexibility index (Phi) is 7.43. The molecule has 1 aliphatic rings. The molecule has 154 valence electrons. The number of piperidine rings is 1. The summed E-state index contributed by atoms with van der Waals surface area (Å²) in [5.74, 6) is -1.25. The summed E-state index contributed by atoms with van der Waals surface area (Å²) in [5.41, 5.74) is 0.458. The van der Waals surface area contributed by atoms with Gasteiger partial charge in [0.05, 0.1) is 12.5 Å². The number of carbonyl (C=O) groups is 3. The molecular formula is C21H30N2O5. The van der Waals surface area contributed by atoms with Gasteiger partial charge in [-0.1, -0.05) is 20.8 Å². The van der Waals surface area contributed by atoms with Crippen molar-refractivity contribution in [2.75, 3.05) is 19.7 Å². The summed E-state index contributed by atoms with van der Waals surface area (Å²) in [6.07, 6.45) is 0.430. The van der Waals surface area contributed by atoms with Crippen LogP contribution in [0, 0.1) is 17.8 Å². The molecule has 2 amide bonds. The number of ether oxygens (including phenoxy) is 1. The Balaban J connectivity index is 2.05. The topological polar surface area (TPSA) is 95.9 Å². The summed E-state index contributed by atoms with van der Waals surface area (Å²) in [5, 5.41) is 12.1. The second-order valence-electron chi connectivity index (χ2n) is 7.65. The third-order valence-electron chi connectivity index (χ3n) is 5.18. The SMILES string of the molecule is CCOc1ccc(C(=O)NC(C(=O)N2CCC(C(=O)O)C(C)C2)C(C)C)cc1. The predicted octanol–water partition coefficient (Wildman–Crippen LogP) is 2.41. The minimum Gasteiger partial charge on any atom is -0.494 e. The molecule has 2 N–H and O–H groups in total. The van der Waals surface area contributed by atoms with Crippen molar-refractivity contribution in [3.05, 3.63) is 29.8 Å². The fourth-order valence-electron chi connectivity index (χ4n) is 3.52. The highest BCUT2D eigenvalue weighted by molar-refractivity contribution is 5.97.